The molecule has 0 spiro atoms. The van der Waals surface area contributed by atoms with Gasteiger partial charge >= 0.3 is 12.2 Å². The highest BCUT2D eigenvalue weighted by molar-refractivity contribution is 5.74. The van der Waals surface area contributed by atoms with Crippen molar-refractivity contribution in [1.29, 1.82) is 0 Å². The quantitative estimate of drug-likeness (QED) is 0.148. The fourth-order valence-electron chi connectivity index (χ4n) is 4.97. The van der Waals surface area contributed by atoms with Gasteiger partial charge in [-0.25, -0.2) is 9.59 Å². The first-order valence-corrected chi connectivity index (χ1v) is 14.6. The molecule has 8 heteroatoms. The Morgan fingerprint density at radius 2 is 1.51 bits per heavy atom. The summed E-state index contributed by atoms with van der Waals surface area (Å²) in [6, 6.07) is 3.87. The molecule has 2 atom stereocenters. The molecule has 0 heterocycles. The average molecular weight is 543 g/mol. The zero-order chi connectivity index (χ0) is 28.6. The molecule has 0 aromatic heterocycles. The molecule has 0 saturated heterocycles. The van der Waals surface area contributed by atoms with Gasteiger partial charge in [0.15, 0.2) is 0 Å². The molecule has 8 nitrogen and oxygen atoms in total. The summed E-state index contributed by atoms with van der Waals surface area (Å²) in [6.45, 7) is 12.7. The second kappa shape index (κ2) is 17.7. The van der Waals surface area contributed by atoms with Crippen LogP contribution < -0.4 is 31.6 Å². The van der Waals surface area contributed by atoms with E-state index in [2.05, 4.69) is 37.1 Å². The van der Waals surface area contributed by atoms with Gasteiger partial charge in [-0.05, 0) is 102 Å². The minimum Gasteiger partial charge on any atom is -0.410 e. The van der Waals surface area contributed by atoms with Crippen LogP contribution in [0.2, 0.25) is 0 Å². The van der Waals surface area contributed by atoms with Crippen molar-refractivity contribution in [3.05, 3.63) is 47.1 Å². The highest BCUT2D eigenvalue weighted by atomic mass is 16.6. The van der Waals surface area contributed by atoms with E-state index in [1.165, 1.54) is 5.57 Å². The number of benzene rings is 1. The van der Waals surface area contributed by atoms with Crippen molar-refractivity contribution < 1.29 is 19.1 Å². The van der Waals surface area contributed by atoms with Gasteiger partial charge in [0.25, 0.3) is 0 Å². The third-order valence-electron chi connectivity index (χ3n) is 7.15. The van der Waals surface area contributed by atoms with Crippen LogP contribution in [0.25, 0.3) is 0 Å². The lowest BCUT2D eigenvalue weighted by molar-refractivity contribution is 0.197. The summed E-state index contributed by atoms with van der Waals surface area (Å²) in [7, 11) is 0. The highest BCUT2D eigenvalue weighted by Gasteiger charge is 2.32. The van der Waals surface area contributed by atoms with Crippen LogP contribution in [0.5, 0.6) is 11.5 Å². The Morgan fingerprint density at radius 1 is 0.949 bits per heavy atom. The van der Waals surface area contributed by atoms with Crippen LogP contribution in [0.15, 0.2) is 35.9 Å². The van der Waals surface area contributed by atoms with Crippen LogP contribution in [0.4, 0.5) is 9.59 Å². The van der Waals surface area contributed by atoms with Crippen LogP contribution in [-0.4, -0.2) is 38.4 Å². The molecule has 2 amide bonds. The number of carbonyl (C=O) groups excluding carboxylic acids is 2. The van der Waals surface area contributed by atoms with Gasteiger partial charge in [-0.15, -0.1) is 0 Å². The third-order valence-corrected chi connectivity index (χ3v) is 7.15. The van der Waals surface area contributed by atoms with Crippen LogP contribution in [0.1, 0.15) is 95.6 Å². The fourth-order valence-corrected chi connectivity index (χ4v) is 4.97. The number of ether oxygens (including phenoxy) is 2. The smallest absolute Gasteiger partial charge is 0.410 e. The van der Waals surface area contributed by atoms with Crippen LogP contribution in [0, 0.1) is 5.92 Å². The number of unbranched alkanes of at least 4 members (excludes halogenated alkanes) is 4. The largest absolute Gasteiger partial charge is 0.412 e. The second-order valence-corrected chi connectivity index (χ2v) is 10.6. The van der Waals surface area contributed by atoms with Gasteiger partial charge in [0.2, 0.25) is 0 Å². The number of nitrogens with two attached hydrogens (primary N) is 2. The number of allylic oxidation sites excluding steroid dienone is 3. The van der Waals surface area contributed by atoms with Gasteiger partial charge in [-0.2, -0.15) is 0 Å². The van der Waals surface area contributed by atoms with Crippen molar-refractivity contribution in [2.45, 2.75) is 90.9 Å². The molecule has 0 bridgehead atoms. The van der Waals surface area contributed by atoms with E-state index in [1.54, 1.807) is 0 Å². The van der Waals surface area contributed by atoms with Crippen LogP contribution in [0.3, 0.4) is 0 Å². The van der Waals surface area contributed by atoms with E-state index in [9.17, 15) is 9.59 Å². The number of carbonyl (C=O) groups is 2. The Bertz CT molecular complexity index is 928. The van der Waals surface area contributed by atoms with E-state index >= 15 is 0 Å². The predicted molar refractivity (Wildman–Crippen MR) is 158 cm³/mol. The molecular weight excluding hydrogens is 492 g/mol. The molecule has 218 valence electrons. The van der Waals surface area contributed by atoms with E-state index in [0.717, 1.165) is 75.3 Å². The maximum absolute atomic E-state index is 12.9. The molecule has 1 aliphatic rings. The van der Waals surface area contributed by atoms with E-state index < -0.39 is 12.2 Å². The first kappa shape index (κ1) is 32.4. The van der Waals surface area contributed by atoms with Crippen molar-refractivity contribution in [1.82, 2.24) is 10.6 Å². The monoisotopic (exact) mass is 542 g/mol. The minimum absolute atomic E-state index is 0.129. The maximum atomic E-state index is 12.9. The third kappa shape index (κ3) is 11.0. The Balaban J connectivity index is 2.52. The normalized spacial score (nSPS) is 16.8. The summed E-state index contributed by atoms with van der Waals surface area (Å²) in [4.78, 5) is 25.7. The molecule has 1 aromatic carbocycles. The van der Waals surface area contributed by atoms with Crippen molar-refractivity contribution in [3.63, 3.8) is 0 Å². The molecule has 0 saturated carbocycles. The number of hydrogen-bond donors (Lipinski definition) is 4. The Kier molecular flexibility index (Phi) is 14.7. The van der Waals surface area contributed by atoms with Gasteiger partial charge in [0.05, 0.1) is 0 Å². The Morgan fingerprint density at radius 3 is 2.00 bits per heavy atom. The topological polar surface area (TPSA) is 129 Å². The van der Waals surface area contributed by atoms with Gasteiger partial charge in [0.1, 0.15) is 11.5 Å². The first-order chi connectivity index (χ1) is 18.8. The van der Waals surface area contributed by atoms with E-state index in [0.29, 0.717) is 43.2 Å². The summed E-state index contributed by atoms with van der Waals surface area (Å²) >= 11 is 0. The molecule has 39 heavy (non-hydrogen) atoms. The summed E-state index contributed by atoms with van der Waals surface area (Å²) in [5.41, 5.74) is 15.1. The predicted octanol–water partition coefficient (Wildman–Crippen LogP) is 6.09. The summed E-state index contributed by atoms with van der Waals surface area (Å²) in [5.74, 6) is 0.840. The number of aryl methyl sites for hydroxylation is 1. The maximum Gasteiger partial charge on any atom is 0.412 e. The van der Waals surface area contributed by atoms with E-state index in [1.807, 2.05) is 19.1 Å². The van der Waals surface area contributed by atoms with Crippen molar-refractivity contribution in [2.75, 3.05) is 26.2 Å². The van der Waals surface area contributed by atoms with Crippen molar-refractivity contribution in [3.8, 4) is 11.5 Å². The molecule has 0 fully saturated rings. The van der Waals surface area contributed by atoms with Crippen molar-refractivity contribution in [2.24, 2.45) is 17.4 Å². The molecule has 2 rings (SSSR count). The SMILES string of the molecule is C=C(C)[C@@H]1CCC(C)=C[C@H]1c1c(OC(=O)NCCCCN)cc(CCCCC)cc1OC(=O)NCCCCN. The van der Waals surface area contributed by atoms with Crippen molar-refractivity contribution >= 4 is 12.2 Å². The average Bonchev–Trinajstić information content (AvgIpc) is 2.89. The fraction of sp³-hybridized carbons (Fsp3) is 0.613. The molecule has 0 aliphatic heterocycles. The highest BCUT2D eigenvalue weighted by Crippen LogP contribution is 2.47. The number of hydrogen-bond acceptors (Lipinski definition) is 6. The molecule has 1 aliphatic carbocycles. The second-order valence-electron chi connectivity index (χ2n) is 10.6. The van der Waals surface area contributed by atoms with E-state index in [4.69, 9.17) is 20.9 Å². The molecule has 0 unspecified atom stereocenters. The lowest BCUT2D eigenvalue weighted by Crippen LogP contribution is -2.30. The molecule has 1 aromatic rings. The van der Waals surface area contributed by atoms with E-state index in [-0.39, 0.29) is 11.8 Å². The zero-order valence-corrected chi connectivity index (χ0v) is 24.3. The number of nitrogens with one attached hydrogen (secondary N) is 2. The summed E-state index contributed by atoms with van der Waals surface area (Å²) in [6.07, 6.45) is 10.2. The van der Waals surface area contributed by atoms with Gasteiger partial charge in [0, 0.05) is 24.6 Å². The number of amides is 2. The van der Waals surface area contributed by atoms with Crippen LogP contribution in [-0.2, 0) is 6.42 Å². The summed E-state index contributed by atoms with van der Waals surface area (Å²) < 4.78 is 11.9. The van der Waals surface area contributed by atoms with Gasteiger partial charge in [-0.3, -0.25) is 0 Å². The van der Waals surface area contributed by atoms with Crippen LogP contribution >= 0.6 is 0 Å². The first-order valence-electron chi connectivity index (χ1n) is 14.6. The standard InChI is InChI=1S/C31H50N4O4/c1-5-6-7-12-24-20-27(38-30(36)34-17-10-8-15-32)29(26-19-23(4)13-14-25(26)22(2)3)28(21-24)39-31(37)35-18-11-9-16-33/h19-21,25-26H,2,5-18,32-33H2,1,3-4H3,(H,34,36)(H,35,37)/t25-,26+/m0/s1. The molecule has 6 N–H and O–H groups in total. The molecule has 0 radical (unpaired) electrons. The Labute approximate surface area is 234 Å². The summed E-state index contributed by atoms with van der Waals surface area (Å²) in [5, 5.41) is 5.66. The lowest BCUT2D eigenvalue weighted by atomic mass is 9.73. The molecular formula is C31H50N4O4. The van der Waals surface area contributed by atoms with Gasteiger partial charge < -0.3 is 31.6 Å². The zero-order valence-electron chi connectivity index (χ0n) is 24.3. The number of rotatable bonds is 16. The Hall–Kier alpha value is -2.84. The van der Waals surface area contributed by atoms with Gasteiger partial charge in [-0.1, -0.05) is 43.6 Å². The lowest BCUT2D eigenvalue weighted by Gasteiger charge is -2.32. The minimum atomic E-state index is -0.528.